The van der Waals surface area contributed by atoms with Crippen LogP contribution in [0.25, 0.3) is 0 Å². The highest BCUT2D eigenvalue weighted by Gasteiger charge is 2.08. The first-order valence-electron chi connectivity index (χ1n) is 5.51. The minimum Gasteiger partial charge on any atom is -0.497 e. The first-order valence-corrected chi connectivity index (χ1v) is 5.51. The van der Waals surface area contributed by atoms with Crippen LogP contribution in [0.2, 0.25) is 0 Å². The summed E-state index contributed by atoms with van der Waals surface area (Å²) in [5.41, 5.74) is 0.530. The van der Waals surface area contributed by atoms with Crippen LogP contribution in [0.4, 0.5) is 0 Å². The molecule has 0 amide bonds. The monoisotopic (exact) mass is 222 g/mol. The Balaban J connectivity index is 2.83. The number of carbonyl (C=O) groups excluding carboxylic acids is 1. The Labute approximate surface area is 96.4 Å². The molecule has 0 fully saturated rings. The molecule has 1 rings (SSSR count). The smallest absolute Gasteiger partial charge is 0.153 e. The lowest BCUT2D eigenvalue weighted by Gasteiger charge is -2.15. The summed E-state index contributed by atoms with van der Waals surface area (Å²) in [4.78, 5) is 10.9. The topological polar surface area (TPSA) is 35.5 Å². The SMILES string of the molecule is CCCC(C)Oc1ccc(OC)cc1C=O. The molecular formula is C13H18O3. The van der Waals surface area contributed by atoms with E-state index in [1.165, 1.54) is 0 Å². The number of benzene rings is 1. The zero-order chi connectivity index (χ0) is 12.0. The molecule has 0 aliphatic heterocycles. The Hall–Kier alpha value is -1.51. The molecule has 3 nitrogen and oxygen atoms in total. The Bertz CT molecular complexity index is 347. The van der Waals surface area contributed by atoms with Crippen molar-refractivity contribution >= 4 is 6.29 Å². The number of hydrogen-bond acceptors (Lipinski definition) is 3. The Morgan fingerprint density at radius 3 is 2.75 bits per heavy atom. The predicted octanol–water partition coefficient (Wildman–Crippen LogP) is 3.08. The number of hydrogen-bond donors (Lipinski definition) is 0. The highest BCUT2D eigenvalue weighted by Crippen LogP contribution is 2.24. The summed E-state index contributed by atoms with van der Waals surface area (Å²) in [7, 11) is 1.57. The second-order valence-electron chi connectivity index (χ2n) is 3.74. The summed E-state index contributed by atoms with van der Waals surface area (Å²) in [5, 5.41) is 0. The summed E-state index contributed by atoms with van der Waals surface area (Å²) < 4.78 is 10.7. The van der Waals surface area contributed by atoms with Crippen molar-refractivity contribution in [1.29, 1.82) is 0 Å². The molecule has 16 heavy (non-hydrogen) atoms. The third-order valence-corrected chi connectivity index (χ3v) is 2.37. The second kappa shape index (κ2) is 6.16. The molecule has 0 saturated heterocycles. The van der Waals surface area contributed by atoms with Crippen LogP contribution in [-0.4, -0.2) is 19.5 Å². The minimum atomic E-state index is 0.122. The van der Waals surface area contributed by atoms with Gasteiger partial charge in [0.05, 0.1) is 18.8 Å². The van der Waals surface area contributed by atoms with Crippen LogP contribution < -0.4 is 9.47 Å². The van der Waals surface area contributed by atoms with Crippen LogP contribution in [0.1, 0.15) is 37.0 Å². The van der Waals surface area contributed by atoms with Crippen LogP contribution in [0.3, 0.4) is 0 Å². The zero-order valence-corrected chi connectivity index (χ0v) is 10.0. The molecule has 1 unspecified atom stereocenters. The first-order chi connectivity index (χ1) is 7.71. The van der Waals surface area contributed by atoms with Gasteiger partial charge in [0.2, 0.25) is 0 Å². The zero-order valence-electron chi connectivity index (χ0n) is 10.0. The third-order valence-electron chi connectivity index (χ3n) is 2.37. The maximum atomic E-state index is 10.9. The summed E-state index contributed by atoms with van der Waals surface area (Å²) in [5.74, 6) is 1.29. The number of aldehydes is 1. The molecule has 0 saturated carbocycles. The second-order valence-corrected chi connectivity index (χ2v) is 3.74. The van der Waals surface area contributed by atoms with E-state index in [2.05, 4.69) is 6.92 Å². The van der Waals surface area contributed by atoms with E-state index in [1.54, 1.807) is 25.3 Å². The third kappa shape index (κ3) is 3.26. The van der Waals surface area contributed by atoms with Gasteiger partial charge in [-0.15, -0.1) is 0 Å². The van der Waals surface area contributed by atoms with Crippen molar-refractivity contribution in [2.24, 2.45) is 0 Å². The molecule has 1 aromatic carbocycles. The van der Waals surface area contributed by atoms with Gasteiger partial charge in [-0.25, -0.2) is 0 Å². The van der Waals surface area contributed by atoms with Gasteiger partial charge in [-0.1, -0.05) is 13.3 Å². The summed E-state index contributed by atoms with van der Waals surface area (Å²) in [6.07, 6.45) is 2.95. The molecule has 1 aromatic rings. The molecule has 0 aromatic heterocycles. The number of rotatable bonds is 6. The van der Waals surface area contributed by atoms with E-state index in [9.17, 15) is 4.79 Å². The van der Waals surface area contributed by atoms with Gasteiger partial charge >= 0.3 is 0 Å². The normalized spacial score (nSPS) is 11.9. The maximum absolute atomic E-state index is 10.9. The van der Waals surface area contributed by atoms with E-state index >= 15 is 0 Å². The highest BCUT2D eigenvalue weighted by molar-refractivity contribution is 5.80. The van der Waals surface area contributed by atoms with E-state index in [1.807, 2.05) is 6.92 Å². The Morgan fingerprint density at radius 1 is 1.44 bits per heavy atom. The van der Waals surface area contributed by atoms with E-state index in [0.717, 1.165) is 19.1 Å². The van der Waals surface area contributed by atoms with Crippen LogP contribution >= 0.6 is 0 Å². The quantitative estimate of drug-likeness (QED) is 0.694. The number of ether oxygens (including phenoxy) is 2. The molecule has 0 N–H and O–H groups in total. The molecule has 0 bridgehead atoms. The average molecular weight is 222 g/mol. The Morgan fingerprint density at radius 2 is 2.19 bits per heavy atom. The van der Waals surface area contributed by atoms with Gasteiger partial charge in [0.25, 0.3) is 0 Å². The van der Waals surface area contributed by atoms with Crippen LogP contribution in [0.5, 0.6) is 11.5 Å². The standard InChI is InChI=1S/C13H18O3/c1-4-5-10(2)16-13-7-6-12(15-3)8-11(13)9-14/h6-10H,4-5H2,1-3H3. The lowest BCUT2D eigenvalue weighted by molar-refractivity contribution is 0.111. The first kappa shape index (κ1) is 12.6. The lowest BCUT2D eigenvalue weighted by atomic mass is 10.2. The molecule has 0 aliphatic carbocycles. The maximum Gasteiger partial charge on any atom is 0.153 e. The lowest BCUT2D eigenvalue weighted by Crippen LogP contribution is -2.12. The van der Waals surface area contributed by atoms with Gasteiger partial charge in [0, 0.05) is 0 Å². The predicted molar refractivity (Wildman–Crippen MR) is 63.4 cm³/mol. The van der Waals surface area contributed by atoms with Crippen molar-refractivity contribution in [2.75, 3.05) is 7.11 Å². The summed E-state index contributed by atoms with van der Waals surface area (Å²) in [6, 6.07) is 5.25. The average Bonchev–Trinajstić information content (AvgIpc) is 2.30. The molecule has 1 atom stereocenters. The van der Waals surface area contributed by atoms with Crippen LogP contribution in [-0.2, 0) is 0 Å². The summed E-state index contributed by atoms with van der Waals surface area (Å²) in [6.45, 7) is 4.11. The van der Waals surface area contributed by atoms with E-state index in [4.69, 9.17) is 9.47 Å². The molecule has 0 aliphatic rings. The van der Waals surface area contributed by atoms with Crippen molar-refractivity contribution in [3.63, 3.8) is 0 Å². The largest absolute Gasteiger partial charge is 0.497 e. The molecule has 88 valence electrons. The van der Waals surface area contributed by atoms with Gasteiger partial charge in [-0.2, -0.15) is 0 Å². The van der Waals surface area contributed by atoms with Gasteiger partial charge in [0.15, 0.2) is 6.29 Å². The summed E-state index contributed by atoms with van der Waals surface area (Å²) >= 11 is 0. The molecule has 0 radical (unpaired) electrons. The highest BCUT2D eigenvalue weighted by atomic mass is 16.5. The van der Waals surface area contributed by atoms with Crippen LogP contribution in [0, 0.1) is 0 Å². The Kier molecular flexibility index (Phi) is 4.83. The van der Waals surface area contributed by atoms with Gasteiger partial charge in [-0.3, -0.25) is 4.79 Å². The fourth-order valence-corrected chi connectivity index (χ4v) is 1.54. The number of methoxy groups -OCH3 is 1. The van der Waals surface area contributed by atoms with Gasteiger partial charge in [0.1, 0.15) is 11.5 Å². The minimum absolute atomic E-state index is 0.122. The van der Waals surface area contributed by atoms with Crippen molar-refractivity contribution in [3.05, 3.63) is 23.8 Å². The molecule has 0 heterocycles. The van der Waals surface area contributed by atoms with E-state index < -0.39 is 0 Å². The number of carbonyl (C=O) groups is 1. The fraction of sp³-hybridized carbons (Fsp3) is 0.462. The van der Waals surface area contributed by atoms with Crippen molar-refractivity contribution < 1.29 is 14.3 Å². The van der Waals surface area contributed by atoms with Gasteiger partial charge < -0.3 is 9.47 Å². The van der Waals surface area contributed by atoms with Crippen molar-refractivity contribution in [3.8, 4) is 11.5 Å². The molecule has 0 spiro atoms. The fourth-order valence-electron chi connectivity index (χ4n) is 1.54. The molecular weight excluding hydrogens is 204 g/mol. The van der Waals surface area contributed by atoms with Gasteiger partial charge in [-0.05, 0) is 31.5 Å². The van der Waals surface area contributed by atoms with Crippen molar-refractivity contribution in [1.82, 2.24) is 0 Å². The van der Waals surface area contributed by atoms with E-state index in [0.29, 0.717) is 17.1 Å². The molecule has 3 heteroatoms. The van der Waals surface area contributed by atoms with E-state index in [-0.39, 0.29) is 6.10 Å². The van der Waals surface area contributed by atoms with Crippen molar-refractivity contribution in [2.45, 2.75) is 32.8 Å². The van der Waals surface area contributed by atoms with Crippen LogP contribution in [0.15, 0.2) is 18.2 Å².